The van der Waals surface area contributed by atoms with E-state index >= 15 is 0 Å². The Morgan fingerprint density at radius 2 is 1.21 bits per heavy atom. The quantitative estimate of drug-likeness (QED) is 0.182. The lowest BCUT2D eigenvalue weighted by atomic mass is 9.58. The predicted molar refractivity (Wildman–Crippen MR) is 249 cm³/mol. The van der Waals surface area contributed by atoms with Crippen LogP contribution in [0.1, 0.15) is 52.7 Å². The van der Waals surface area contributed by atoms with Gasteiger partial charge in [0.05, 0.1) is 11.2 Å². The molecule has 1 aliphatic rings. The number of rotatable bonds is 4. The molecule has 1 radical (unpaired) electrons. The molecular weight excluding hydrogens is 703 g/mol. The van der Waals surface area contributed by atoms with Crippen molar-refractivity contribution in [2.45, 2.75) is 52.4 Å². The van der Waals surface area contributed by atoms with Gasteiger partial charge in [0.1, 0.15) is 5.58 Å². The second-order valence-corrected chi connectivity index (χ2v) is 18.1. The number of nitrogens with zero attached hydrogens (tertiary/aromatic N) is 1. The number of aromatic nitrogens is 1. The van der Waals surface area contributed by atoms with Gasteiger partial charge in [0.15, 0.2) is 12.9 Å². The minimum absolute atomic E-state index is 0.0117. The second-order valence-electron chi connectivity index (χ2n) is 18.1. The van der Waals surface area contributed by atoms with Crippen LogP contribution in [-0.4, -0.2) is 11.8 Å². The smallest absolute Gasteiger partial charge is 0.198 e. The average molecular weight is 748 g/mol. The van der Waals surface area contributed by atoms with Crippen LogP contribution in [-0.2, 0) is 10.8 Å². The molecular formula is C54H44BN2O. The van der Waals surface area contributed by atoms with Crippen molar-refractivity contribution in [3.8, 4) is 27.9 Å². The molecule has 1 N–H and O–H groups in total. The molecule has 0 saturated heterocycles. The number of benzene rings is 8. The molecule has 3 nitrogen and oxygen atoms in total. The maximum atomic E-state index is 6.95. The van der Waals surface area contributed by atoms with E-state index in [1.807, 2.05) is 0 Å². The third kappa shape index (κ3) is 5.42. The largest absolute Gasteiger partial charge is 0.454 e. The van der Waals surface area contributed by atoms with E-state index in [1.54, 1.807) is 0 Å². The summed E-state index contributed by atoms with van der Waals surface area (Å²) in [6.45, 7) is 13.9. The lowest BCUT2D eigenvalue weighted by Gasteiger charge is -2.27. The maximum absolute atomic E-state index is 6.95. The van der Waals surface area contributed by atoms with Gasteiger partial charge in [-0.25, -0.2) is 0 Å². The molecule has 0 amide bonds. The summed E-state index contributed by atoms with van der Waals surface area (Å²) in [5.41, 5.74) is 17.1. The first kappa shape index (κ1) is 34.7. The van der Waals surface area contributed by atoms with Crippen molar-refractivity contribution in [3.05, 3.63) is 163 Å². The number of furan rings is 1. The summed E-state index contributed by atoms with van der Waals surface area (Å²) in [4.78, 5) is 0. The first-order valence-corrected chi connectivity index (χ1v) is 20.4. The van der Waals surface area contributed by atoms with Crippen LogP contribution in [0.25, 0.3) is 82.5 Å². The summed E-state index contributed by atoms with van der Waals surface area (Å²) < 4.78 is 9.46. The van der Waals surface area contributed by atoms with Gasteiger partial charge >= 0.3 is 0 Å². The van der Waals surface area contributed by atoms with E-state index in [-0.39, 0.29) is 10.8 Å². The highest BCUT2D eigenvalue weighted by molar-refractivity contribution is 6.74. The van der Waals surface area contributed by atoms with Crippen LogP contribution in [0.15, 0.2) is 156 Å². The Hall–Kier alpha value is -6.52. The predicted octanol–water partition coefficient (Wildman–Crippen LogP) is 13.5. The average Bonchev–Trinajstić information content (AvgIpc) is 3.76. The minimum atomic E-state index is -0.0358. The van der Waals surface area contributed by atoms with Gasteiger partial charge in [0, 0.05) is 44.0 Å². The molecule has 3 heterocycles. The molecule has 1 aliphatic heterocycles. The third-order valence-electron chi connectivity index (χ3n) is 12.3. The standard InChI is InChI=1S/C54H44BN2O/c1-53(2,3)36-22-25-47-41(28-36)43-29-37(54(4,5)6)30-45-50(43)57(47)51-49(55-45)42(31-44-39-18-12-13-19-48(39)58-52(44)51)40-26-34-16-10-11-17-35(34)27-46(40)56-38-23-20-33(21-24-38)32-14-8-7-9-15-32/h7-31,56H,1-6H3. The molecule has 2 aromatic heterocycles. The highest BCUT2D eigenvalue weighted by Crippen LogP contribution is 2.44. The Kier molecular flexibility index (Phi) is 7.48. The molecule has 11 rings (SSSR count). The van der Waals surface area contributed by atoms with E-state index in [4.69, 9.17) is 4.42 Å². The van der Waals surface area contributed by atoms with E-state index in [0.717, 1.165) is 55.6 Å². The van der Waals surface area contributed by atoms with Crippen LogP contribution in [0, 0.1) is 0 Å². The Balaban J connectivity index is 1.22. The number of para-hydroxylation sites is 1. The zero-order valence-corrected chi connectivity index (χ0v) is 33.9. The maximum Gasteiger partial charge on any atom is 0.198 e. The number of hydrogen-bond acceptors (Lipinski definition) is 2. The topological polar surface area (TPSA) is 30.1 Å². The fourth-order valence-electron chi connectivity index (χ4n) is 9.12. The van der Waals surface area contributed by atoms with Crippen molar-refractivity contribution in [2.24, 2.45) is 0 Å². The van der Waals surface area contributed by atoms with E-state index in [0.29, 0.717) is 0 Å². The normalized spacial score (nSPS) is 12.8. The highest BCUT2D eigenvalue weighted by atomic mass is 16.3. The molecule has 0 saturated carbocycles. The Morgan fingerprint density at radius 1 is 0.534 bits per heavy atom. The van der Waals surface area contributed by atoms with E-state index < -0.39 is 0 Å². The van der Waals surface area contributed by atoms with Crippen LogP contribution < -0.4 is 16.2 Å². The lowest BCUT2D eigenvalue weighted by Crippen LogP contribution is -2.38. The van der Waals surface area contributed by atoms with Gasteiger partial charge in [-0.15, -0.1) is 0 Å². The zero-order chi connectivity index (χ0) is 39.5. The molecule has 0 bridgehead atoms. The number of fused-ring (bicyclic) bond motifs is 10. The van der Waals surface area contributed by atoms with Crippen LogP contribution in [0.2, 0.25) is 0 Å². The molecule has 0 spiro atoms. The monoisotopic (exact) mass is 747 g/mol. The first-order chi connectivity index (χ1) is 28.0. The summed E-state index contributed by atoms with van der Waals surface area (Å²) in [6, 6.07) is 55.5. The van der Waals surface area contributed by atoms with Crippen LogP contribution in [0.4, 0.5) is 11.4 Å². The molecule has 4 heteroatoms. The minimum Gasteiger partial charge on any atom is -0.454 e. The Bertz CT molecular complexity index is 3280. The summed E-state index contributed by atoms with van der Waals surface area (Å²) >= 11 is 0. The number of nitrogens with one attached hydrogen (secondary N) is 1. The molecule has 8 aromatic carbocycles. The Morgan fingerprint density at radius 3 is 1.97 bits per heavy atom. The summed E-state index contributed by atoms with van der Waals surface area (Å²) in [5, 5.41) is 11.1. The van der Waals surface area contributed by atoms with Crippen molar-refractivity contribution in [1.82, 2.24) is 4.57 Å². The molecule has 10 aromatic rings. The molecule has 58 heavy (non-hydrogen) atoms. The van der Waals surface area contributed by atoms with Gasteiger partial charge in [-0.3, -0.25) is 0 Å². The SMILES string of the molecule is CC(C)(C)c1ccc2c(c1)c1cc(C(C)(C)C)cc3c1n2-c1c(c(-c2cc4ccccc4cc2Nc2ccc(-c4ccccc4)cc2)cc2c1oc1ccccc12)[B]3. The van der Waals surface area contributed by atoms with E-state index in [2.05, 4.69) is 210 Å². The van der Waals surface area contributed by atoms with Crippen molar-refractivity contribution >= 4 is 84.1 Å². The zero-order valence-electron chi connectivity index (χ0n) is 33.9. The van der Waals surface area contributed by atoms with Crippen molar-refractivity contribution in [3.63, 3.8) is 0 Å². The Labute approximate surface area is 340 Å². The molecule has 0 unspecified atom stereocenters. The van der Waals surface area contributed by atoms with Crippen LogP contribution in [0.5, 0.6) is 0 Å². The number of hydrogen-bond donors (Lipinski definition) is 1. The summed E-state index contributed by atoms with van der Waals surface area (Å²) in [5.74, 6) is 0. The van der Waals surface area contributed by atoms with Gasteiger partial charge in [0.2, 0.25) is 0 Å². The van der Waals surface area contributed by atoms with Crippen LogP contribution >= 0.6 is 0 Å². The highest BCUT2D eigenvalue weighted by Gasteiger charge is 2.32. The number of anilines is 2. The van der Waals surface area contributed by atoms with Gasteiger partial charge in [0.25, 0.3) is 0 Å². The van der Waals surface area contributed by atoms with Crippen molar-refractivity contribution < 1.29 is 4.42 Å². The van der Waals surface area contributed by atoms with Gasteiger partial charge < -0.3 is 14.3 Å². The second kappa shape index (κ2) is 12.5. The molecule has 0 fully saturated rings. The summed E-state index contributed by atoms with van der Waals surface area (Å²) in [7, 11) is 2.44. The lowest BCUT2D eigenvalue weighted by molar-refractivity contribution is 0.590. The van der Waals surface area contributed by atoms with Crippen molar-refractivity contribution in [1.29, 1.82) is 0 Å². The van der Waals surface area contributed by atoms with Gasteiger partial charge in [-0.1, -0.05) is 144 Å². The van der Waals surface area contributed by atoms with E-state index in [1.165, 1.54) is 60.3 Å². The third-order valence-corrected chi connectivity index (χ3v) is 12.3. The molecule has 0 aliphatic carbocycles. The summed E-state index contributed by atoms with van der Waals surface area (Å²) in [6.07, 6.45) is 0. The fraction of sp³-hybridized carbons (Fsp3) is 0.148. The van der Waals surface area contributed by atoms with Crippen molar-refractivity contribution in [2.75, 3.05) is 5.32 Å². The van der Waals surface area contributed by atoms with Gasteiger partial charge in [-0.05, 0) is 109 Å². The van der Waals surface area contributed by atoms with Gasteiger partial charge in [-0.2, -0.15) is 0 Å². The first-order valence-electron chi connectivity index (χ1n) is 20.4. The van der Waals surface area contributed by atoms with Crippen LogP contribution in [0.3, 0.4) is 0 Å². The molecule has 279 valence electrons. The van der Waals surface area contributed by atoms with E-state index in [9.17, 15) is 0 Å². The molecule has 0 atom stereocenters. The fourth-order valence-corrected chi connectivity index (χ4v) is 9.12.